The lowest BCUT2D eigenvalue weighted by Gasteiger charge is -2.45. The number of rotatable bonds is 1. The normalized spacial score (nSPS) is 51.8. The van der Waals surface area contributed by atoms with E-state index < -0.39 is 35.1 Å². The quantitative estimate of drug-likeness (QED) is 0.691. The molecule has 2 unspecified atom stereocenters. The molecule has 152 valence electrons. The number of hydrogen-bond donors (Lipinski definition) is 1. The van der Waals surface area contributed by atoms with E-state index in [9.17, 15) is 19.5 Å². The van der Waals surface area contributed by atoms with Crippen molar-refractivity contribution < 1.29 is 29.0 Å². The Hall–Kier alpha value is -1.53. The second-order valence-electron chi connectivity index (χ2n) is 10.1. The van der Waals surface area contributed by atoms with Crippen molar-refractivity contribution in [3.63, 3.8) is 0 Å². The van der Waals surface area contributed by atoms with E-state index in [2.05, 4.69) is 13.8 Å². The van der Waals surface area contributed by atoms with Gasteiger partial charge in [-0.1, -0.05) is 20.8 Å². The average Bonchev–Trinajstić information content (AvgIpc) is 3.17. The monoisotopic (exact) mass is 388 g/mol. The molecule has 6 nitrogen and oxygen atoms in total. The van der Waals surface area contributed by atoms with Crippen molar-refractivity contribution in [1.82, 2.24) is 0 Å². The topological polar surface area (TPSA) is 89.9 Å². The van der Waals surface area contributed by atoms with Crippen LogP contribution in [-0.4, -0.2) is 47.6 Å². The van der Waals surface area contributed by atoms with E-state index in [4.69, 9.17) is 9.47 Å². The van der Waals surface area contributed by atoms with Crippen LogP contribution in [-0.2, 0) is 23.9 Å². The summed E-state index contributed by atoms with van der Waals surface area (Å²) < 4.78 is 11.7. The van der Waals surface area contributed by atoms with Crippen LogP contribution in [0.2, 0.25) is 0 Å². The lowest BCUT2D eigenvalue weighted by atomic mass is 9.60. The molecule has 28 heavy (non-hydrogen) atoms. The Balaban J connectivity index is 1.75. The van der Waals surface area contributed by atoms with Crippen LogP contribution >= 0.6 is 0 Å². The Labute approximate surface area is 164 Å². The van der Waals surface area contributed by atoms with Crippen molar-refractivity contribution in [2.75, 3.05) is 6.61 Å². The number of aliphatic hydroxyl groups is 1. The van der Waals surface area contributed by atoms with E-state index in [0.717, 1.165) is 24.8 Å². The molecule has 0 amide bonds. The second kappa shape index (κ2) is 5.33. The molecule has 1 aliphatic heterocycles. The molecular formula is C22H28O6. The molecule has 6 heteroatoms. The van der Waals surface area contributed by atoms with Crippen LogP contribution in [0.25, 0.3) is 0 Å². The van der Waals surface area contributed by atoms with Crippen LogP contribution in [0, 0.1) is 28.1 Å². The van der Waals surface area contributed by atoms with Crippen molar-refractivity contribution in [3.8, 4) is 0 Å². The maximum absolute atomic E-state index is 13.8. The summed E-state index contributed by atoms with van der Waals surface area (Å²) in [6.45, 7) is 7.71. The summed E-state index contributed by atoms with van der Waals surface area (Å²) >= 11 is 0. The molecule has 0 aromatic carbocycles. The van der Waals surface area contributed by atoms with E-state index in [-0.39, 0.29) is 35.4 Å². The van der Waals surface area contributed by atoms with Gasteiger partial charge in [-0.3, -0.25) is 14.4 Å². The number of Topliss-reactive ketones (excluding diaryl/α,β-unsaturated/α-hetero) is 2. The Morgan fingerprint density at radius 1 is 1.21 bits per heavy atom. The minimum absolute atomic E-state index is 0.106. The zero-order valence-corrected chi connectivity index (χ0v) is 16.9. The highest BCUT2D eigenvalue weighted by atomic mass is 16.5. The molecule has 3 fully saturated rings. The van der Waals surface area contributed by atoms with Crippen molar-refractivity contribution in [2.24, 2.45) is 28.1 Å². The number of ketones is 2. The van der Waals surface area contributed by atoms with Crippen LogP contribution in [0.5, 0.6) is 0 Å². The summed E-state index contributed by atoms with van der Waals surface area (Å²) in [5.41, 5.74) is -0.239. The zero-order chi connectivity index (χ0) is 20.2. The van der Waals surface area contributed by atoms with Crippen LogP contribution in [0.1, 0.15) is 53.4 Å². The number of aliphatic hydroxyl groups excluding tert-OH is 1. The van der Waals surface area contributed by atoms with E-state index in [0.29, 0.717) is 12.0 Å². The van der Waals surface area contributed by atoms with Crippen molar-refractivity contribution >= 4 is 17.5 Å². The Morgan fingerprint density at radius 2 is 1.93 bits per heavy atom. The summed E-state index contributed by atoms with van der Waals surface area (Å²) in [7, 11) is 0. The maximum atomic E-state index is 13.8. The van der Waals surface area contributed by atoms with Gasteiger partial charge in [0.2, 0.25) is 0 Å². The Kier molecular flexibility index (Phi) is 3.52. The SMILES string of the molecule is CC(=O)O[C@H]1C(=O)C23[C@H]4OCC5=C4[C@@](C)(CCC5=O)CC[C@]2(C)C1[C@@H](C)[C@@H]3O. The van der Waals surface area contributed by atoms with Crippen LogP contribution < -0.4 is 0 Å². The minimum Gasteiger partial charge on any atom is -0.454 e. The molecule has 1 heterocycles. The van der Waals surface area contributed by atoms with Gasteiger partial charge >= 0.3 is 5.97 Å². The van der Waals surface area contributed by atoms with Gasteiger partial charge in [0.1, 0.15) is 0 Å². The van der Waals surface area contributed by atoms with E-state index in [1.54, 1.807) is 0 Å². The number of esters is 1. The molecule has 4 aliphatic carbocycles. The highest BCUT2D eigenvalue weighted by Crippen LogP contribution is 2.74. The van der Waals surface area contributed by atoms with Crippen molar-refractivity contribution in [2.45, 2.75) is 71.7 Å². The second-order valence-corrected chi connectivity index (χ2v) is 10.1. The molecule has 0 aromatic rings. The number of carbonyl (C=O) groups excluding carboxylic acids is 3. The standard InChI is InChI=1S/C22H28O6/c1-10-14-16(28-11(2)23)18(26)22(17(10)25)19-15-12(9-27-19)13(24)5-6-20(15,3)7-8-21(14,22)4/h10,14,16-17,19,25H,5-9H2,1-4H3/t10-,14?,16-,17+,19+,20+,21-,22?/m1/s1. The first-order valence-corrected chi connectivity index (χ1v) is 10.4. The minimum atomic E-state index is -1.16. The predicted octanol–water partition coefficient (Wildman–Crippen LogP) is 1.98. The smallest absolute Gasteiger partial charge is 0.303 e. The summed E-state index contributed by atoms with van der Waals surface area (Å²) in [4.78, 5) is 38.2. The number of hydrogen-bond acceptors (Lipinski definition) is 6. The first-order valence-electron chi connectivity index (χ1n) is 10.4. The fourth-order valence-electron chi connectivity index (χ4n) is 7.73. The summed E-state index contributed by atoms with van der Waals surface area (Å²) in [6.07, 6.45) is 0.517. The summed E-state index contributed by atoms with van der Waals surface area (Å²) in [6, 6.07) is 0. The average molecular weight is 388 g/mol. The molecule has 8 atom stereocenters. The third-order valence-corrected chi connectivity index (χ3v) is 8.98. The lowest BCUT2D eigenvalue weighted by Crippen LogP contribution is -2.58. The van der Waals surface area contributed by atoms with E-state index in [1.165, 1.54) is 6.92 Å². The molecule has 2 bridgehead atoms. The molecule has 3 saturated carbocycles. The fraction of sp³-hybridized carbons (Fsp3) is 0.773. The summed E-state index contributed by atoms with van der Waals surface area (Å²) in [5.74, 6) is -1.03. The van der Waals surface area contributed by atoms with Gasteiger partial charge in [0.15, 0.2) is 17.7 Å². The lowest BCUT2D eigenvalue weighted by molar-refractivity contribution is -0.170. The number of ether oxygens (including phenoxy) is 2. The first-order chi connectivity index (χ1) is 13.1. The largest absolute Gasteiger partial charge is 0.454 e. The third-order valence-electron chi connectivity index (χ3n) is 8.98. The molecule has 0 radical (unpaired) electrons. The molecular weight excluding hydrogens is 360 g/mol. The van der Waals surface area contributed by atoms with E-state index in [1.807, 2.05) is 6.92 Å². The first kappa shape index (κ1) is 18.5. The highest BCUT2D eigenvalue weighted by Gasteiger charge is 2.82. The van der Waals surface area contributed by atoms with E-state index >= 15 is 0 Å². The van der Waals surface area contributed by atoms with Crippen LogP contribution in [0.3, 0.4) is 0 Å². The van der Waals surface area contributed by atoms with Crippen molar-refractivity contribution in [3.05, 3.63) is 11.1 Å². The van der Waals surface area contributed by atoms with Crippen molar-refractivity contribution in [1.29, 1.82) is 0 Å². The van der Waals surface area contributed by atoms with Gasteiger partial charge in [-0.15, -0.1) is 0 Å². The van der Waals surface area contributed by atoms with Crippen LogP contribution in [0.4, 0.5) is 0 Å². The summed E-state index contributed by atoms with van der Waals surface area (Å²) in [5, 5.41) is 11.4. The Morgan fingerprint density at radius 3 is 2.61 bits per heavy atom. The van der Waals surface area contributed by atoms with Gasteiger partial charge in [-0.05, 0) is 41.6 Å². The van der Waals surface area contributed by atoms with Gasteiger partial charge in [0.05, 0.1) is 24.2 Å². The maximum Gasteiger partial charge on any atom is 0.303 e. The molecule has 0 spiro atoms. The number of carbonyl (C=O) groups is 3. The molecule has 1 N–H and O–H groups in total. The van der Waals surface area contributed by atoms with Crippen LogP contribution in [0.15, 0.2) is 11.1 Å². The van der Waals surface area contributed by atoms with Gasteiger partial charge in [0, 0.05) is 24.8 Å². The zero-order valence-electron chi connectivity index (χ0n) is 16.9. The molecule has 0 aromatic heterocycles. The third kappa shape index (κ3) is 1.76. The predicted molar refractivity (Wildman–Crippen MR) is 98.1 cm³/mol. The fourth-order valence-corrected chi connectivity index (χ4v) is 7.73. The molecule has 5 rings (SSSR count). The van der Waals surface area contributed by atoms with Gasteiger partial charge in [-0.25, -0.2) is 0 Å². The molecule has 5 aliphatic rings. The highest BCUT2D eigenvalue weighted by molar-refractivity contribution is 6.01. The van der Waals surface area contributed by atoms with Gasteiger partial charge in [-0.2, -0.15) is 0 Å². The van der Waals surface area contributed by atoms with Gasteiger partial charge in [0.25, 0.3) is 0 Å². The molecule has 0 saturated heterocycles. The van der Waals surface area contributed by atoms with Gasteiger partial charge < -0.3 is 14.6 Å². The Bertz CT molecular complexity index is 844.